The molecule has 2 heteroatoms. The number of benzene rings is 1. The summed E-state index contributed by atoms with van der Waals surface area (Å²) in [6, 6.07) is 10.8. The number of ether oxygens (including phenoxy) is 1. The number of rotatable bonds is 5. The highest BCUT2D eigenvalue weighted by molar-refractivity contribution is 5.29. The van der Waals surface area contributed by atoms with Crippen LogP contribution in [0, 0.1) is 5.92 Å². The lowest BCUT2D eigenvalue weighted by molar-refractivity contribution is -0.0909. The van der Waals surface area contributed by atoms with Gasteiger partial charge in [-0.3, -0.25) is 0 Å². The molecule has 0 spiro atoms. The second kappa shape index (κ2) is 4.98. The van der Waals surface area contributed by atoms with E-state index in [0.29, 0.717) is 5.92 Å². The molecule has 1 aliphatic heterocycles. The smallest absolute Gasteiger partial charge is 0.0588 e. The molecule has 2 rings (SSSR count). The molecule has 88 valence electrons. The molecular formula is C14H21NO. The third kappa shape index (κ3) is 1.87. The van der Waals surface area contributed by atoms with E-state index in [9.17, 15) is 0 Å². The van der Waals surface area contributed by atoms with E-state index in [1.807, 2.05) is 7.05 Å². The average molecular weight is 219 g/mol. The second-order valence-corrected chi connectivity index (χ2v) is 4.68. The largest absolute Gasteiger partial charge is 0.379 e. The first-order valence-electron chi connectivity index (χ1n) is 6.11. The normalized spacial score (nSPS) is 20.1. The van der Waals surface area contributed by atoms with Gasteiger partial charge in [0.25, 0.3) is 0 Å². The SMILES string of the molecule is CCC(CNC)C1(c2ccccc2)COC1. The highest BCUT2D eigenvalue weighted by atomic mass is 16.5. The lowest BCUT2D eigenvalue weighted by atomic mass is 9.67. The summed E-state index contributed by atoms with van der Waals surface area (Å²) < 4.78 is 5.49. The van der Waals surface area contributed by atoms with Crippen LogP contribution in [-0.4, -0.2) is 26.8 Å². The minimum absolute atomic E-state index is 0.249. The van der Waals surface area contributed by atoms with Gasteiger partial charge in [0.05, 0.1) is 13.2 Å². The third-order valence-electron chi connectivity index (χ3n) is 3.79. The van der Waals surface area contributed by atoms with Crippen LogP contribution in [0.1, 0.15) is 18.9 Å². The van der Waals surface area contributed by atoms with Crippen LogP contribution in [0.2, 0.25) is 0 Å². The minimum Gasteiger partial charge on any atom is -0.379 e. The molecule has 1 aromatic rings. The lowest BCUT2D eigenvalue weighted by Crippen LogP contribution is -2.54. The Labute approximate surface area is 98.0 Å². The van der Waals surface area contributed by atoms with Crippen molar-refractivity contribution >= 4 is 0 Å². The molecule has 1 unspecified atom stereocenters. The van der Waals surface area contributed by atoms with Gasteiger partial charge in [0, 0.05) is 5.41 Å². The maximum Gasteiger partial charge on any atom is 0.0588 e. The predicted molar refractivity (Wildman–Crippen MR) is 66.6 cm³/mol. The maximum absolute atomic E-state index is 5.49. The van der Waals surface area contributed by atoms with Crippen LogP contribution in [0.25, 0.3) is 0 Å². The van der Waals surface area contributed by atoms with E-state index in [1.165, 1.54) is 12.0 Å². The van der Waals surface area contributed by atoms with Crippen molar-refractivity contribution in [2.24, 2.45) is 5.92 Å². The Morgan fingerprint density at radius 3 is 2.44 bits per heavy atom. The van der Waals surface area contributed by atoms with Crippen molar-refractivity contribution in [1.82, 2.24) is 5.32 Å². The minimum atomic E-state index is 0.249. The van der Waals surface area contributed by atoms with E-state index in [4.69, 9.17) is 4.74 Å². The first-order valence-corrected chi connectivity index (χ1v) is 6.11. The Kier molecular flexibility index (Phi) is 3.62. The molecule has 1 fully saturated rings. The average Bonchev–Trinajstić information content (AvgIpc) is 2.28. The number of hydrogen-bond acceptors (Lipinski definition) is 2. The van der Waals surface area contributed by atoms with Gasteiger partial charge in [-0.25, -0.2) is 0 Å². The Balaban J connectivity index is 2.25. The van der Waals surface area contributed by atoms with E-state index in [-0.39, 0.29) is 5.41 Å². The molecule has 1 atom stereocenters. The van der Waals surface area contributed by atoms with Gasteiger partial charge in [0.1, 0.15) is 0 Å². The van der Waals surface area contributed by atoms with Crippen LogP contribution < -0.4 is 5.32 Å². The van der Waals surface area contributed by atoms with E-state index in [1.54, 1.807) is 0 Å². The topological polar surface area (TPSA) is 21.3 Å². The fourth-order valence-corrected chi connectivity index (χ4v) is 2.71. The summed E-state index contributed by atoms with van der Waals surface area (Å²) in [5, 5.41) is 3.31. The molecule has 16 heavy (non-hydrogen) atoms. The molecule has 2 nitrogen and oxygen atoms in total. The molecule has 0 radical (unpaired) electrons. The van der Waals surface area contributed by atoms with Crippen LogP contribution in [0.15, 0.2) is 30.3 Å². The summed E-state index contributed by atoms with van der Waals surface area (Å²) in [5.41, 5.74) is 1.68. The van der Waals surface area contributed by atoms with Crippen molar-refractivity contribution in [3.63, 3.8) is 0 Å². The van der Waals surface area contributed by atoms with Crippen molar-refractivity contribution in [1.29, 1.82) is 0 Å². The summed E-state index contributed by atoms with van der Waals surface area (Å²) in [4.78, 5) is 0. The van der Waals surface area contributed by atoms with Gasteiger partial charge in [-0.2, -0.15) is 0 Å². The highest BCUT2D eigenvalue weighted by Crippen LogP contribution is 2.40. The molecule has 1 aliphatic rings. The van der Waals surface area contributed by atoms with Crippen molar-refractivity contribution in [2.75, 3.05) is 26.8 Å². The molecule has 1 heterocycles. The van der Waals surface area contributed by atoms with Gasteiger partial charge in [-0.15, -0.1) is 0 Å². The Hall–Kier alpha value is -0.860. The monoisotopic (exact) mass is 219 g/mol. The predicted octanol–water partition coefficient (Wildman–Crippen LogP) is 2.20. The zero-order chi connectivity index (χ0) is 11.4. The Bertz CT molecular complexity index is 319. The number of hydrogen-bond donors (Lipinski definition) is 1. The summed E-state index contributed by atoms with van der Waals surface area (Å²) >= 11 is 0. The van der Waals surface area contributed by atoms with Gasteiger partial charge in [-0.1, -0.05) is 43.7 Å². The Morgan fingerprint density at radius 2 is 2.00 bits per heavy atom. The van der Waals surface area contributed by atoms with Crippen LogP contribution in [-0.2, 0) is 10.2 Å². The second-order valence-electron chi connectivity index (χ2n) is 4.68. The molecule has 0 amide bonds. The van der Waals surface area contributed by atoms with Gasteiger partial charge in [0.2, 0.25) is 0 Å². The van der Waals surface area contributed by atoms with Gasteiger partial charge < -0.3 is 10.1 Å². The van der Waals surface area contributed by atoms with Crippen LogP contribution in [0.3, 0.4) is 0 Å². The van der Waals surface area contributed by atoms with Crippen LogP contribution >= 0.6 is 0 Å². The van der Waals surface area contributed by atoms with E-state index in [2.05, 4.69) is 42.6 Å². The third-order valence-corrected chi connectivity index (χ3v) is 3.79. The molecule has 0 bridgehead atoms. The highest BCUT2D eigenvalue weighted by Gasteiger charge is 2.45. The number of nitrogens with one attached hydrogen (secondary N) is 1. The quantitative estimate of drug-likeness (QED) is 0.819. The Morgan fingerprint density at radius 1 is 1.31 bits per heavy atom. The summed E-state index contributed by atoms with van der Waals surface area (Å²) in [5.74, 6) is 0.661. The van der Waals surface area contributed by atoms with Crippen molar-refractivity contribution in [3.8, 4) is 0 Å². The van der Waals surface area contributed by atoms with Crippen LogP contribution in [0.4, 0.5) is 0 Å². The van der Waals surface area contributed by atoms with Crippen LogP contribution in [0.5, 0.6) is 0 Å². The van der Waals surface area contributed by atoms with E-state index < -0.39 is 0 Å². The molecule has 1 aromatic carbocycles. The van der Waals surface area contributed by atoms with Gasteiger partial charge >= 0.3 is 0 Å². The molecule has 0 aliphatic carbocycles. The van der Waals surface area contributed by atoms with Crippen molar-refractivity contribution in [3.05, 3.63) is 35.9 Å². The van der Waals surface area contributed by atoms with Crippen molar-refractivity contribution in [2.45, 2.75) is 18.8 Å². The van der Waals surface area contributed by atoms with E-state index in [0.717, 1.165) is 19.8 Å². The molecule has 0 saturated carbocycles. The summed E-state index contributed by atoms with van der Waals surface area (Å²) in [6.45, 7) is 5.08. The fourth-order valence-electron chi connectivity index (χ4n) is 2.71. The summed E-state index contributed by atoms with van der Waals surface area (Å²) in [6.07, 6.45) is 1.19. The molecule has 1 saturated heterocycles. The first kappa shape index (κ1) is 11.6. The summed E-state index contributed by atoms with van der Waals surface area (Å²) in [7, 11) is 2.03. The van der Waals surface area contributed by atoms with Gasteiger partial charge in [0.15, 0.2) is 0 Å². The van der Waals surface area contributed by atoms with Gasteiger partial charge in [-0.05, 0) is 25.1 Å². The van der Waals surface area contributed by atoms with E-state index >= 15 is 0 Å². The maximum atomic E-state index is 5.49. The molecule has 0 aromatic heterocycles. The molecular weight excluding hydrogens is 198 g/mol. The zero-order valence-electron chi connectivity index (χ0n) is 10.2. The fraction of sp³-hybridized carbons (Fsp3) is 0.571. The van der Waals surface area contributed by atoms with Crippen molar-refractivity contribution < 1.29 is 4.74 Å². The standard InChI is InChI=1S/C14H21NO/c1-3-12(9-15-2)14(10-16-11-14)13-7-5-4-6-8-13/h4-8,12,15H,3,9-11H2,1-2H3. The first-order chi connectivity index (χ1) is 7.83. The zero-order valence-corrected chi connectivity index (χ0v) is 10.2. The molecule has 1 N–H and O–H groups in total. The lowest BCUT2D eigenvalue weighted by Gasteiger charge is -2.47.